The Labute approximate surface area is 173 Å². The summed E-state index contributed by atoms with van der Waals surface area (Å²) in [5.41, 5.74) is 0.549. The molecule has 0 saturated carbocycles. The fourth-order valence-electron chi connectivity index (χ4n) is 2.57. The number of halogens is 3. The molecular formula is C21H25F3N4O2. The standard InChI is InChI=1S/C21H25F3N4O2/c1-2-25-20(27-12-11-15-3-7-17(8-4-15)21(22,23)24)28-14-13-26-19(30)16-5-9-18(29)10-6-16/h3-10,29H,2,11-14H2,1H3,(H,26,30)(H2,25,27,28). The van der Waals surface area contributed by atoms with E-state index >= 15 is 0 Å². The Morgan fingerprint density at radius 1 is 0.967 bits per heavy atom. The van der Waals surface area contributed by atoms with E-state index in [4.69, 9.17) is 0 Å². The molecule has 0 aliphatic heterocycles. The third-order valence-corrected chi connectivity index (χ3v) is 4.13. The van der Waals surface area contributed by atoms with E-state index < -0.39 is 11.7 Å². The van der Waals surface area contributed by atoms with Crippen LogP contribution in [0.5, 0.6) is 5.75 Å². The van der Waals surface area contributed by atoms with Gasteiger partial charge in [-0.1, -0.05) is 12.1 Å². The monoisotopic (exact) mass is 422 g/mol. The normalized spacial score (nSPS) is 11.8. The fourth-order valence-corrected chi connectivity index (χ4v) is 2.57. The number of benzene rings is 2. The van der Waals surface area contributed by atoms with Crippen molar-refractivity contribution in [2.75, 3.05) is 26.2 Å². The number of aliphatic imine (C=N–C) groups is 1. The van der Waals surface area contributed by atoms with Gasteiger partial charge in [0.05, 0.1) is 5.56 Å². The van der Waals surface area contributed by atoms with E-state index in [-0.39, 0.29) is 11.7 Å². The van der Waals surface area contributed by atoms with Gasteiger partial charge in [0.1, 0.15) is 5.75 Å². The number of carbonyl (C=O) groups is 1. The molecule has 0 unspecified atom stereocenters. The molecule has 0 heterocycles. The summed E-state index contributed by atoms with van der Waals surface area (Å²) < 4.78 is 37.8. The lowest BCUT2D eigenvalue weighted by Crippen LogP contribution is -2.41. The first-order chi connectivity index (χ1) is 14.3. The summed E-state index contributed by atoms with van der Waals surface area (Å²) in [6.07, 6.45) is -3.83. The quantitative estimate of drug-likeness (QED) is 0.299. The van der Waals surface area contributed by atoms with Gasteiger partial charge in [-0.15, -0.1) is 0 Å². The Hall–Kier alpha value is -3.23. The Balaban J connectivity index is 1.77. The molecule has 2 aromatic carbocycles. The highest BCUT2D eigenvalue weighted by Gasteiger charge is 2.29. The number of nitrogens with one attached hydrogen (secondary N) is 3. The maximum Gasteiger partial charge on any atom is 0.416 e. The summed E-state index contributed by atoms with van der Waals surface area (Å²) in [6, 6.07) is 11.0. The molecule has 4 N–H and O–H groups in total. The number of alkyl halides is 3. The maximum atomic E-state index is 12.6. The average molecular weight is 422 g/mol. The van der Waals surface area contributed by atoms with Gasteiger partial charge in [0.25, 0.3) is 5.91 Å². The molecule has 1 amide bonds. The zero-order chi connectivity index (χ0) is 22.0. The van der Waals surface area contributed by atoms with Crippen molar-refractivity contribution in [3.63, 3.8) is 0 Å². The molecule has 0 aromatic heterocycles. The van der Waals surface area contributed by atoms with Crippen molar-refractivity contribution >= 4 is 11.9 Å². The van der Waals surface area contributed by atoms with Crippen molar-refractivity contribution in [3.8, 4) is 5.75 Å². The second-order valence-electron chi connectivity index (χ2n) is 6.43. The smallest absolute Gasteiger partial charge is 0.416 e. The summed E-state index contributed by atoms with van der Waals surface area (Å²) >= 11 is 0. The van der Waals surface area contributed by atoms with Gasteiger partial charge >= 0.3 is 6.18 Å². The number of nitrogens with zero attached hydrogens (tertiary/aromatic N) is 1. The van der Waals surface area contributed by atoms with Crippen LogP contribution in [0.4, 0.5) is 13.2 Å². The molecule has 0 saturated heterocycles. The second-order valence-corrected chi connectivity index (χ2v) is 6.43. The molecule has 2 aromatic rings. The van der Waals surface area contributed by atoms with Crippen molar-refractivity contribution in [1.82, 2.24) is 16.0 Å². The van der Waals surface area contributed by atoms with Crippen LogP contribution >= 0.6 is 0 Å². The van der Waals surface area contributed by atoms with E-state index in [9.17, 15) is 23.1 Å². The number of guanidine groups is 1. The third kappa shape index (κ3) is 7.65. The van der Waals surface area contributed by atoms with Crippen molar-refractivity contribution in [1.29, 1.82) is 0 Å². The predicted molar refractivity (Wildman–Crippen MR) is 110 cm³/mol. The highest BCUT2D eigenvalue weighted by Crippen LogP contribution is 2.29. The van der Waals surface area contributed by atoms with E-state index in [0.717, 1.165) is 17.7 Å². The minimum Gasteiger partial charge on any atom is -0.508 e. The van der Waals surface area contributed by atoms with Gasteiger partial charge in [0.15, 0.2) is 5.96 Å². The first-order valence-electron chi connectivity index (χ1n) is 9.55. The Bertz CT molecular complexity index is 835. The maximum absolute atomic E-state index is 12.6. The van der Waals surface area contributed by atoms with Gasteiger partial charge in [-0.05, 0) is 55.3 Å². The van der Waals surface area contributed by atoms with Crippen LogP contribution in [-0.4, -0.2) is 43.2 Å². The molecule has 2 rings (SSSR count). The molecule has 0 spiro atoms. The molecule has 0 aliphatic rings. The van der Waals surface area contributed by atoms with Gasteiger partial charge in [-0.25, -0.2) is 0 Å². The van der Waals surface area contributed by atoms with Crippen LogP contribution in [0.1, 0.15) is 28.4 Å². The average Bonchev–Trinajstić information content (AvgIpc) is 2.71. The topological polar surface area (TPSA) is 85.8 Å². The SMILES string of the molecule is CCNC(=NCCc1ccc(C(F)(F)F)cc1)NCCNC(=O)c1ccc(O)cc1. The number of hydrogen-bond donors (Lipinski definition) is 4. The van der Waals surface area contributed by atoms with Crippen LogP contribution in [0.15, 0.2) is 53.5 Å². The van der Waals surface area contributed by atoms with Gasteiger partial charge in [-0.3, -0.25) is 9.79 Å². The van der Waals surface area contributed by atoms with Crippen LogP contribution in [0.3, 0.4) is 0 Å². The first kappa shape index (κ1) is 23.1. The van der Waals surface area contributed by atoms with E-state index in [1.165, 1.54) is 36.4 Å². The highest BCUT2D eigenvalue weighted by atomic mass is 19.4. The van der Waals surface area contributed by atoms with Gasteiger partial charge in [0, 0.05) is 31.7 Å². The number of amides is 1. The molecular weight excluding hydrogens is 397 g/mol. The van der Waals surface area contributed by atoms with Crippen molar-refractivity contribution in [2.24, 2.45) is 4.99 Å². The van der Waals surface area contributed by atoms with Crippen LogP contribution in [0.2, 0.25) is 0 Å². The largest absolute Gasteiger partial charge is 0.508 e. The van der Waals surface area contributed by atoms with Crippen molar-refractivity contribution in [2.45, 2.75) is 19.5 Å². The Kier molecular flexibility index (Phi) is 8.52. The molecule has 6 nitrogen and oxygen atoms in total. The van der Waals surface area contributed by atoms with Gasteiger partial charge < -0.3 is 21.1 Å². The van der Waals surface area contributed by atoms with Crippen LogP contribution < -0.4 is 16.0 Å². The van der Waals surface area contributed by atoms with Gasteiger partial charge in [-0.2, -0.15) is 13.2 Å². The molecule has 30 heavy (non-hydrogen) atoms. The minimum atomic E-state index is -4.34. The number of carbonyl (C=O) groups excluding carboxylic acids is 1. The second kappa shape index (κ2) is 11.1. The number of aromatic hydroxyl groups is 1. The summed E-state index contributed by atoms with van der Waals surface area (Å²) in [4.78, 5) is 16.4. The third-order valence-electron chi connectivity index (χ3n) is 4.13. The van der Waals surface area contributed by atoms with Crippen molar-refractivity contribution in [3.05, 3.63) is 65.2 Å². The highest BCUT2D eigenvalue weighted by molar-refractivity contribution is 5.94. The molecule has 9 heteroatoms. The zero-order valence-corrected chi connectivity index (χ0v) is 16.6. The van der Waals surface area contributed by atoms with Crippen molar-refractivity contribution < 1.29 is 23.1 Å². The summed E-state index contributed by atoms with van der Waals surface area (Å²) in [7, 11) is 0. The number of rotatable bonds is 8. The minimum absolute atomic E-state index is 0.0935. The van der Waals surface area contributed by atoms with Crippen LogP contribution in [0, 0.1) is 0 Å². The predicted octanol–water partition coefficient (Wildman–Crippen LogP) is 2.94. The van der Waals surface area contributed by atoms with Gasteiger partial charge in [0.2, 0.25) is 0 Å². The lowest BCUT2D eigenvalue weighted by Gasteiger charge is -2.12. The lowest BCUT2D eigenvalue weighted by molar-refractivity contribution is -0.137. The zero-order valence-electron chi connectivity index (χ0n) is 16.6. The van der Waals surface area contributed by atoms with E-state index in [2.05, 4.69) is 20.9 Å². The van der Waals surface area contributed by atoms with Crippen LogP contribution in [-0.2, 0) is 12.6 Å². The van der Waals surface area contributed by atoms with E-state index in [1.54, 1.807) is 0 Å². The Morgan fingerprint density at radius 3 is 2.20 bits per heavy atom. The van der Waals surface area contributed by atoms with E-state index in [1.807, 2.05) is 6.92 Å². The number of phenolic OH excluding ortho intramolecular Hbond substituents is 1. The first-order valence-corrected chi connectivity index (χ1v) is 9.55. The molecule has 0 atom stereocenters. The molecule has 162 valence electrons. The summed E-state index contributed by atoms with van der Waals surface area (Å²) in [5, 5.41) is 18.2. The van der Waals surface area contributed by atoms with Crippen LogP contribution in [0.25, 0.3) is 0 Å². The Morgan fingerprint density at radius 2 is 1.60 bits per heavy atom. The molecule has 0 fully saturated rings. The number of hydrogen-bond acceptors (Lipinski definition) is 3. The summed E-state index contributed by atoms with van der Waals surface area (Å²) in [5.74, 6) is 0.403. The fraction of sp³-hybridized carbons (Fsp3) is 0.333. The molecule has 0 aliphatic carbocycles. The summed E-state index contributed by atoms with van der Waals surface area (Å²) in [6.45, 7) is 3.77. The van der Waals surface area contributed by atoms with E-state index in [0.29, 0.717) is 44.1 Å². The molecule has 0 radical (unpaired) electrons. The number of phenols is 1. The molecule has 0 bridgehead atoms. The lowest BCUT2D eigenvalue weighted by atomic mass is 10.1.